The first-order valence-electron chi connectivity index (χ1n) is 7.17. The quantitative estimate of drug-likeness (QED) is 0.253. The van der Waals surface area contributed by atoms with Crippen molar-refractivity contribution in [2.75, 3.05) is 0 Å². The van der Waals surface area contributed by atoms with E-state index in [-0.39, 0.29) is 0 Å². The predicted octanol–water partition coefficient (Wildman–Crippen LogP) is 6.53. The van der Waals surface area contributed by atoms with Gasteiger partial charge in [0, 0.05) is 4.47 Å². The van der Waals surface area contributed by atoms with Gasteiger partial charge in [0.05, 0.1) is 0 Å². The Morgan fingerprint density at radius 1 is 0.667 bits per heavy atom. The van der Waals surface area contributed by atoms with Crippen LogP contribution in [-0.2, 0) is 0 Å². The number of hydrogen-bond donors (Lipinski definition) is 0. The van der Waals surface area contributed by atoms with Crippen molar-refractivity contribution in [3.05, 3.63) is 70.2 Å². The van der Waals surface area contributed by atoms with Crippen LogP contribution in [-0.4, -0.2) is 0 Å². The second-order valence-electron chi connectivity index (χ2n) is 5.65. The van der Waals surface area contributed by atoms with Gasteiger partial charge in [-0.2, -0.15) is 0 Å². The molecule has 0 amide bonds. The highest BCUT2D eigenvalue weighted by atomic mass is 79.9. The van der Waals surface area contributed by atoms with Crippen LogP contribution in [0.15, 0.2) is 59.1 Å². The van der Waals surface area contributed by atoms with Crippen molar-refractivity contribution in [2.24, 2.45) is 0 Å². The molecule has 0 aliphatic carbocycles. The van der Waals surface area contributed by atoms with Crippen molar-refractivity contribution >= 4 is 48.2 Å². The van der Waals surface area contributed by atoms with Gasteiger partial charge in [-0.25, -0.2) is 0 Å². The lowest BCUT2D eigenvalue weighted by molar-refractivity contribution is 1.53. The SMILES string of the molecule is Cc1c2ccccc2c(C)c2c1ccc1ccc(Br)cc12. The molecular weight excluding hydrogens is 320 g/mol. The van der Waals surface area contributed by atoms with Crippen molar-refractivity contribution in [1.82, 2.24) is 0 Å². The lowest BCUT2D eigenvalue weighted by Gasteiger charge is -2.14. The number of rotatable bonds is 0. The highest BCUT2D eigenvalue weighted by Gasteiger charge is 2.11. The normalized spacial score (nSPS) is 11.6. The van der Waals surface area contributed by atoms with E-state index in [9.17, 15) is 0 Å². The van der Waals surface area contributed by atoms with E-state index in [2.05, 4.69) is 84.4 Å². The van der Waals surface area contributed by atoms with E-state index in [1.165, 1.54) is 43.4 Å². The number of halogens is 1. The molecule has 0 unspecified atom stereocenters. The zero-order chi connectivity index (χ0) is 14.6. The average Bonchev–Trinajstić information content (AvgIpc) is 2.51. The summed E-state index contributed by atoms with van der Waals surface area (Å²) in [5.74, 6) is 0. The maximum Gasteiger partial charge on any atom is 0.0181 e. The third-order valence-corrected chi connectivity index (χ3v) is 4.99. The number of benzene rings is 4. The molecule has 0 nitrogen and oxygen atoms in total. The zero-order valence-electron chi connectivity index (χ0n) is 12.1. The van der Waals surface area contributed by atoms with Crippen LogP contribution in [0.1, 0.15) is 11.1 Å². The minimum Gasteiger partial charge on any atom is -0.0616 e. The Morgan fingerprint density at radius 3 is 2.10 bits per heavy atom. The first-order chi connectivity index (χ1) is 10.2. The van der Waals surface area contributed by atoms with Gasteiger partial charge >= 0.3 is 0 Å². The van der Waals surface area contributed by atoms with Crippen LogP contribution in [0.25, 0.3) is 32.3 Å². The van der Waals surface area contributed by atoms with E-state index < -0.39 is 0 Å². The lowest BCUT2D eigenvalue weighted by atomic mass is 9.90. The van der Waals surface area contributed by atoms with Gasteiger partial charge in [-0.1, -0.05) is 58.4 Å². The molecule has 0 heterocycles. The molecule has 0 saturated heterocycles. The van der Waals surface area contributed by atoms with Gasteiger partial charge < -0.3 is 0 Å². The Balaban J connectivity index is 2.36. The Bertz CT molecular complexity index is 1010. The smallest absolute Gasteiger partial charge is 0.0181 e. The summed E-state index contributed by atoms with van der Waals surface area (Å²) >= 11 is 3.61. The summed E-state index contributed by atoms with van der Waals surface area (Å²) in [7, 11) is 0. The highest BCUT2D eigenvalue weighted by molar-refractivity contribution is 9.10. The summed E-state index contributed by atoms with van der Waals surface area (Å²) in [5.41, 5.74) is 2.74. The van der Waals surface area contributed by atoms with Gasteiger partial charge in [-0.3, -0.25) is 0 Å². The Kier molecular flexibility index (Phi) is 2.80. The van der Waals surface area contributed by atoms with Crippen molar-refractivity contribution in [3.8, 4) is 0 Å². The molecule has 4 aromatic rings. The topological polar surface area (TPSA) is 0 Å². The number of hydrogen-bond acceptors (Lipinski definition) is 0. The summed E-state index contributed by atoms with van der Waals surface area (Å²) in [4.78, 5) is 0. The maximum absolute atomic E-state index is 3.61. The fourth-order valence-corrected chi connectivity index (χ4v) is 3.79. The van der Waals surface area contributed by atoms with Crippen LogP contribution in [0.3, 0.4) is 0 Å². The standard InChI is InChI=1S/C20H15Br/c1-12-16-5-3-4-6-17(16)13(2)20-18(12)10-8-14-7-9-15(21)11-19(14)20/h3-11H,1-2H3. The van der Waals surface area contributed by atoms with E-state index in [1.54, 1.807) is 0 Å². The minimum atomic E-state index is 1.13. The second-order valence-corrected chi connectivity index (χ2v) is 6.56. The molecule has 0 fully saturated rings. The molecule has 0 aliphatic heterocycles. The van der Waals surface area contributed by atoms with Gasteiger partial charge in [0.25, 0.3) is 0 Å². The van der Waals surface area contributed by atoms with Crippen molar-refractivity contribution in [3.63, 3.8) is 0 Å². The maximum atomic E-state index is 3.61. The van der Waals surface area contributed by atoms with Gasteiger partial charge in [0.1, 0.15) is 0 Å². The summed E-state index contributed by atoms with van der Waals surface area (Å²) in [6.45, 7) is 4.47. The summed E-state index contributed by atoms with van der Waals surface area (Å²) in [6, 6.07) is 19.7. The molecule has 0 N–H and O–H groups in total. The van der Waals surface area contributed by atoms with Crippen LogP contribution in [0.5, 0.6) is 0 Å². The zero-order valence-corrected chi connectivity index (χ0v) is 13.7. The van der Waals surface area contributed by atoms with Crippen molar-refractivity contribution < 1.29 is 0 Å². The summed E-state index contributed by atoms with van der Waals surface area (Å²) in [6.07, 6.45) is 0. The molecule has 4 aromatic carbocycles. The molecule has 0 aromatic heterocycles. The third kappa shape index (κ3) is 1.81. The average molecular weight is 335 g/mol. The Labute approximate surface area is 132 Å². The predicted molar refractivity (Wildman–Crippen MR) is 96.1 cm³/mol. The molecule has 0 saturated carbocycles. The van der Waals surface area contributed by atoms with E-state index in [4.69, 9.17) is 0 Å². The number of aryl methyl sites for hydroxylation is 2. The Hall–Kier alpha value is -1.86. The summed E-state index contributed by atoms with van der Waals surface area (Å²) < 4.78 is 1.13. The number of fused-ring (bicyclic) bond motifs is 4. The van der Waals surface area contributed by atoms with Gasteiger partial charge in [-0.05, 0) is 69.4 Å². The molecule has 102 valence electrons. The molecular formula is C20H15Br. The molecule has 0 atom stereocenters. The van der Waals surface area contributed by atoms with Crippen molar-refractivity contribution in [2.45, 2.75) is 13.8 Å². The second kappa shape index (κ2) is 4.57. The van der Waals surface area contributed by atoms with Crippen LogP contribution in [0.4, 0.5) is 0 Å². The van der Waals surface area contributed by atoms with Crippen LogP contribution in [0, 0.1) is 13.8 Å². The van der Waals surface area contributed by atoms with Crippen LogP contribution >= 0.6 is 15.9 Å². The molecule has 0 bridgehead atoms. The first-order valence-corrected chi connectivity index (χ1v) is 7.96. The van der Waals surface area contributed by atoms with E-state index in [1.807, 2.05) is 0 Å². The van der Waals surface area contributed by atoms with E-state index >= 15 is 0 Å². The van der Waals surface area contributed by atoms with Gasteiger partial charge in [0.15, 0.2) is 0 Å². The fourth-order valence-electron chi connectivity index (χ4n) is 3.43. The minimum absolute atomic E-state index is 1.13. The molecule has 4 rings (SSSR count). The lowest BCUT2D eigenvalue weighted by Crippen LogP contribution is -1.89. The van der Waals surface area contributed by atoms with E-state index in [0.29, 0.717) is 0 Å². The van der Waals surface area contributed by atoms with Crippen LogP contribution < -0.4 is 0 Å². The molecule has 0 radical (unpaired) electrons. The molecule has 1 heteroatoms. The highest BCUT2D eigenvalue weighted by Crippen LogP contribution is 2.37. The third-order valence-electron chi connectivity index (χ3n) is 4.50. The first kappa shape index (κ1) is 12.8. The van der Waals surface area contributed by atoms with Crippen molar-refractivity contribution in [1.29, 1.82) is 0 Å². The monoisotopic (exact) mass is 334 g/mol. The van der Waals surface area contributed by atoms with Gasteiger partial charge in [0.2, 0.25) is 0 Å². The van der Waals surface area contributed by atoms with E-state index in [0.717, 1.165) is 4.47 Å². The van der Waals surface area contributed by atoms with Gasteiger partial charge in [-0.15, -0.1) is 0 Å². The molecule has 21 heavy (non-hydrogen) atoms. The summed E-state index contributed by atoms with van der Waals surface area (Å²) in [5, 5.41) is 8.07. The molecule has 0 spiro atoms. The van der Waals surface area contributed by atoms with Crippen LogP contribution in [0.2, 0.25) is 0 Å². The Morgan fingerprint density at radius 2 is 1.33 bits per heavy atom. The molecule has 0 aliphatic rings. The largest absolute Gasteiger partial charge is 0.0616 e. The fraction of sp³-hybridized carbons (Fsp3) is 0.100.